The summed E-state index contributed by atoms with van der Waals surface area (Å²) in [5.41, 5.74) is 1.29. The average Bonchev–Trinajstić information content (AvgIpc) is 2.96. The molecule has 3 rings (SSSR count). The van der Waals surface area contributed by atoms with Gasteiger partial charge in [-0.3, -0.25) is 0 Å². The number of halogens is 1. The molecule has 7 nitrogen and oxygen atoms in total. The summed E-state index contributed by atoms with van der Waals surface area (Å²) in [5.74, 6) is -1.48. The van der Waals surface area contributed by atoms with Crippen molar-refractivity contribution in [1.29, 1.82) is 5.26 Å². The molecule has 1 aromatic carbocycles. The Morgan fingerprint density at radius 3 is 2.46 bits per heavy atom. The van der Waals surface area contributed by atoms with Crippen LogP contribution in [0.3, 0.4) is 0 Å². The number of nitriles is 1. The van der Waals surface area contributed by atoms with E-state index in [1.165, 1.54) is 6.20 Å². The molecule has 0 saturated carbocycles. The van der Waals surface area contributed by atoms with Crippen LogP contribution in [0.5, 0.6) is 5.88 Å². The molecule has 3 N–H and O–H groups in total. The molecule has 0 radical (unpaired) electrons. The molecule has 0 aliphatic carbocycles. The van der Waals surface area contributed by atoms with Crippen LogP contribution >= 0.6 is 0 Å². The van der Waals surface area contributed by atoms with Gasteiger partial charge in [0.15, 0.2) is 17.9 Å². The fraction of sp³-hybridized carbons (Fsp3) is 0.0625. The minimum atomic E-state index is -1.85. The Labute approximate surface area is 135 Å². The second-order valence-corrected chi connectivity index (χ2v) is 4.93. The summed E-state index contributed by atoms with van der Waals surface area (Å²) in [5, 5.41) is 41.0. The van der Waals surface area contributed by atoms with E-state index in [9.17, 15) is 9.50 Å². The zero-order valence-corrected chi connectivity index (χ0v) is 12.1. The SMILES string of the molecule is N#Cc1ccc(-c2cnn(-c3ncc(C(O)O)cc3F)c2O)cc1. The van der Waals surface area contributed by atoms with E-state index in [2.05, 4.69) is 10.1 Å². The second kappa shape index (κ2) is 6.08. The lowest BCUT2D eigenvalue weighted by atomic mass is 10.1. The molecule has 0 atom stereocenters. The largest absolute Gasteiger partial charge is 0.493 e. The normalized spacial score (nSPS) is 10.8. The molecular formula is C16H11FN4O3. The standard InChI is InChI=1S/C16H11FN4O3/c17-13-5-11(16(23)24)7-19-14(13)21-15(22)12(8-20-21)10-3-1-9(6-18)2-4-10/h1-5,7-8,16,22-24H. The molecule has 3 aromatic rings. The number of aliphatic hydroxyl groups excluding tert-OH is 1. The fourth-order valence-corrected chi connectivity index (χ4v) is 2.17. The minimum Gasteiger partial charge on any atom is -0.493 e. The van der Waals surface area contributed by atoms with Crippen LogP contribution in [0.15, 0.2) is 42.7 Å². The van der Waals surface area contributed by atoms with Crippen LogP contribution in [-0.2, 0) is 0 Å². The summed E-state index contributed by atoms with van der Waals surface area (Å²) in [6, 6.07) is 9.33. The van der Waals surface area contributed by atoms with Gasteiger partial charge in [-0.2, -0.15) is 15.0 Å². The molecule has 0 aliphatic heterocycles. The summed E-state index contributed by atoms with van der Waals surface area (Å²) in [7, 11) is 0. The first kappa shape index (κ1) is 15.6. The van der Waals surface area contributed by atoms with E-state index in [-0.39, 0.29) is 17.3 Å². The minimum absolute atomic E-state index is 0.116. The Morgan fingerprint density at radius 2 is 1.88 bits per heavy atom. The van der Waals surface area contributed by atoms with Crippen molar-refractivity contribution in [2.24, 2.45) is 0 Å². The van der Waals surface area contributed by atoms with Gasteiger partial charge in [0.1, 0.15) is 0 Å². The number of pyridine rings is 1. The molecule has 0 saturated heterocycles. The van der Waals surface area contributed by atoms with E-state index in [4.69, 9.17) is 15.5 Å². The van der Waals surface area contributed by atoms with Gasteiger partial charge in [0.05, 0.1) is 23.4 Å². The van der Waals surface area contributed by atoms with Crippen molar-refractivity contribution in [1.82, 2.24) is 14.8 Å². The number of aromatic nitrogens is 3. The van der Waals surface area contributed by atoms with Gasteiger partial charge in [-0.1, -0.05) is 12.1 Å². The summed E-state index contributed by atoms with van der Waals surface area (Å²) < 4.78 is 15.0. The quantitative estimate of drug-likeness (QED) is 0.630. The molecule has 0 bridgehead atoms. The highest BCUT2D eigenvalue weighted by Gasteiger charge is 2.18. The van der Waals surface area contributed by atoms with E-state index in [1.54, 1.807) is 24.3 Å². The molecule has 8 heteroatoms. The summed E-state index contributed by atoms with van der Waals surface area (Å²) in [6.07, 6.45) is 0.569. The highest BCUT2D eigenvalue weighted by Crippen LogP contribution is 2.31. The second-order valence-electron chi connectivity index (χ2n) is 4.93. The van der Waals surface area contributed by atoms with Gasteiger partial charge in [0.2, 0.25) is 5.88 Å². The van der Waals surface area contributed by atoms with Gasteiger partial charge in [0, 0.05) is 11.8 Å². The number of aromatic hydroxyl groups is 1. The molecule has 0 unspecified atom stereocenters. The molecule has 24 heavy (non-hydrogen) atoms. The number of aliphatic hydroxyl groups is 2. The number of benzene rings is 1. The van der Waals surface area contributed by atoms with E-state index >= 15 is 0 Å². The summed E-state index contributed by atoms with van der Waals surface area (Å²) in [6.45, 7) is 0. The number of hydrogen-bond acceptors (Lipinski definition) is 6. The fourth-order valence-electron chi connectivity index (χ4n) is 2.17. The van der Waals surface area contributed by atoms with Gasteiger partial charge in [-0.15, -0.1) is 0 Å². The first-order valence-electron chi connectivity index (χ1n) is 6.80. The van der Waals surface area contributed by atoms with Crippen LogP contribution in [0.4, 0.5) is 4.39 Å². The average molecular weight is 326 g/mol. The summed E-state index contributed by atoms with van der Waals surface area (Å²) >= 11 is 0. The van der Waals surface area contributed by atoms with Crippen molar-refractivity contribution >= 4 is 0 Å². The molecule has 2 aromatic heterocycles. The van der Waals surface area contributed by atoms with Crippen molar-refractivity contribution in [2.45, 2.75) is 6.29 Å². The third-order valence-corrected chi connectivity index (χ3v) is 3.41. The highest BCUT2D eigenvalue weighted by molar-refractivity contribution is 5.69. The third-order valence-electron chi connectivity index (χ3n) is 3.41. The van der Waals surface area contributed by atoms with Crippen molar-refractivity contribution in [3.63, 3.8) is 0 Å². The molecule has 120 valence electrons. The Kier molecular flexibility index (Phi) is 3.95. The lowest BCUT2D eigenvalue weighted by Crippen LogP contribution is -2.05. The Balaban J connectivity index is 2.02. The molecule has 0 aliphatic rings. The zero-order valence-electron chi connectivity index (χ0n) is 12.1. The van der Waals surface area contributed by atoms with E-state index < -0.39 is 12.1 Å². The van der Waals surface area contributed by atoms with Crippen molar-refractivity contribution in [2.75, 3.05) is 0 Å². The summed E-state index contributed by atoms with van der Waals surface area (Å²) in [4.78, 5) is 3.77. The third kappa shape index (κ3) is 2.69. The predicted octanol–water partition coefficient (Wildman–Crippen LogP) is 1.63. The topological polar surface area (TPSA) is 115 Å². The van der Waals surface area contributed by atoms with Crippen LogP contribution in [0.2, 0.25) is 0 Å². The van der Waals surface area contributed by atoms with Crippen LogP contribution in [-0.4, -0.2) is 30.1 Å². The van der Waals surface area contributed by atoms with Crippen LogP contribution in [0.25, 0.3) is 16.9 Å². The van der Waals surface area contributed by atoms with Gasteiger partial charge < -0.3 is 15.3 Å². The number of rotatable bonds is 3. The van der Waals surface area contributed by atoms with Gasteiger partial charge in [0.25, 0.3) is 0 Å². The van der Waals surface area contributed by atoms with Gasteiger partial charge >= 0.3 is 0 Å². The molecule has 0 fully saturated rings. The Hall–Kier alpha value is -3.28. The molecule has 0 amide bonds. The van der Waals surface area contributed by atoms with Crippen LogP contribution < -0.4 is 0 Å². The van der Waals surface area contributed by atoms with E-state index in [1.807, 2.05) is 6.07 Å². The maximum absolute atomic E-state index is 14.1. The Morgan fingerprint density at radius 1 is 1.17 bits per heavy atom. The first-order chi connectivity index (χ1) is 11.5. The molecular weight excluding hydrogens is 315 g/mol. The first-order valence-corrected chi connectivity index (χ1v) is 6.80. The van der Waals surface area contributed by atoms with Crippen LogP contribution in [0, 0.1) is 17.1 Å². The van der Waals surface area contributed by atoms with E-state index in [0.29, 0.717) is 16.7 Å². The van der Waals surface area contributed by atoms with Crippen molar-refractivity contribution < 1.29 is 19.7 Å². The van der Waals surface area contributed by atoms with Crippen molar-refractivity contribution in [3.05, 3.63) is 59.7 Å². The lowest BCUT2D eigenvalue weighted by Gasteiger charge is -2.07. The maximum Gasteiger partial charge on any atom is 0.223 e. The Bertz CT molecular complexity index is 929. The van der Waals surface area contributed by atoms with Crippen molar-refractivity contribution in [3.8, 4) is 28.9 Å². The number of nitrogens with zero attached hydrogens (tertiary/aromatic N) is 4. The maximum atomic E-state index is 14.1. The van der Waals surface area contributed by atoms with Gasteiger partial charge in [-0.25, -0.2) is 9.37 Å². The monoisotopic (exact) mass is 326 g/mol. The predicted molar refractivity (Wildman–Crippen MR) is 80.3 cm³/mol. The smallest absolute Gasteiger partial charge is 0.223 e. The van der Waals surface area contributed by atoms with Crippen LogP contribution in [0.1, 0.15) is 17.4 Å². The molecule has 2 heterocycles. The molecule has 0 spiro atoms. The number of hydrogen-bond donors (Lipinski definition) is 3. The lowest BCUT2D eigenvalue weighted by molar-refractivity contribution is -0.0429. The van der Waals surface area contributed by atoms with Gasteiger partial charge in [-0.05, 0) is 23.8 Å². The zero-order chi connectivity index (χ0) is 17.3. The highest BCUT2D eigenvalue weighted by atomic mass is 19.1. The van der Waals surface area contributed by atoms with E-state index in [0.717, 1.165) is 16.9 Å².